The summed E-state index contributed by atoms with van der Waals surface area (Å²) in [6, 6.07) is 14.5. The molecule has 1 aromatic heterocycles. The standard InChI is InChI=1S/C16H12ClN3O/c1-11-7-8-13(17)9-15(11)20-10-14(18-19-20)16(21)12-5-3-2-4-6-12/h2-10H,1H3. The van der Waals surface area contributed by atoms with E-state index < -0.39 is 0 Å². The van der Waals surface area contributed by atoms with Crippen molar-refractivity contribution in [1.29, 1.82) is 0 Å². The van der Waals surface area contributed by atoms with Gasteiger partial charge in [-0.15, -0.1) is 5.10 Å². The van der Waals surface area contributed by atoms with Crippen molar-refractivity contribution in [3.8, 4) is 5.69 Å². The molecule has 0 N–H and O–H groups in total. The first kappa shape index (κ1) is 13.5. The van der Waals surface area contributed by atoms with Gasteiger partial charge in [0.05, 0.1) is 11.9 Å². The molecule has 3 rings (SSSR count). The molecule has 0 bridgehead atoms. The SMILES string of the molecule is Cc1ccc(Cl)cc1-n1cc(C(=O)c2ccccc2)nn1. The molecule has 1 heterocycles. The van der Waals surface area contributed by atoms with Gasteiger partial charge in [0, 0.05) is 10.6 Å². The molecule has 4 nitrogen and oxygen atoms in total. The lowest BCUT2D eigenvalue weighted by atomic mass is 10.1. The summed E-state index contributed by atoms with van der Waals surface area (Å²) >= 11 is 6.00. The zero-order chi connectivity index (χ0) is 14.8. The van der Waals surface area contributed by atoms with Crippen LogP contribution in [0.15, 0.2) is 54.7 Å². The molecule has 2 aromatic carbocycles. The summed E-state index contributed by atoms with van der Waals surface area (Å²) in [7, 11) is 0. The van der Waals surface area contributed by atoms with Crippen molar-refractivity contribution in [2.45, 2.75) is 6.92 Å². The topological polar surface area (TPSA) is 47.8 Å². The third-order valence-corrected chi connectivity index (χ3v) is 3.42. The monoisotopic (exact) mass is 297 g/mol. The Balaban J connectivity index is 1.97. The molecule has 0 atom stereocenters. The van der Waals surface area contributed by atoms with Gasteiger partial charge in [0.15, 0.2) is 5.69 Å². The molecule has 0 aliphatic heterocycles. The lowest BCUT2D eigenvalue weighted by Gasteiger charge is -2.04. The number of hydrogen-bond acceptors (Lipinski definition) is 3. The van der Waals surface area contributed by atoms with E-state index in [4.69, 9.17) is 11.6 Å². The van der Waals surface area contributed by atoms with Crippen LogP contribution in [0, 0.1) is 6.92 Å². The Morgan fingerprint density at radius 1 is 1.14 bits per heavy atom. The average Bonchev–Trinajstić information content (AvgIpc) is 2.99. The number of benzene rings is 2. The Labute approximate surface area is 127 Å². The Bertz CT molecular complexity index is 796. The van der Waals surface area contributed by atoms with Gasteiger partial charge >= 0.3 is 0 Å². The van der Waals surface area contributed by atoms with Crippen LogP contribution in [0.3, 0.4) is 0 Å². The molecule has 0 amide bonds. The molecule has 0 spiro atoms. The second-order valence-electron chi connectivity index (χ2n) is 4.67. The van der Waals surface area contributed by atoms with Gasteiger partial charge in [-0.05, 0) is 24.6 Å². The number of aryl methyl sites for hydroxylation is 1. The van der Waals surface area contributed by atoms with E-state index in [1.54, 1.807) is 29.1 Å². The van der Waals surface area contributed by atoms with E-state index in [9.17, 15) is 4.79 Å². The van der Waals surface area contributed by atoms with Crippen LogP contribution in [0.5, 0.6) is 0 Å². The summed E-state index contributed by atoms with van der Waals surface area (Å²) < 4.78 is 1.57. The van der Waals surface area contributed by atoms with E-state index in [2.05, 4.69) is 10.3 Å². The molecule has 0 unspecified atom stereocenters. The minimum atomic E-state index is -0.151. The van der Waals surface area contributed by atoms with E-state index >= 15 is 0 Å². The number of hydrogen-bond donors (Lipinski definition) is 0. The molecule has 0 saturated carbocycles. The lowest BCUT2D eigenvalue weighted by Crippen LogP contribution is -2.01. The molecule has 0 saturated heterocycles. The van der Waals surface area contributed by atoms with Crippen LogP contribution in [0.25, 0.3) is 5.69 Å². The van der Waals surface area contributed by atoms with E-state index in [0.717, 1.165) is 11.3 Å². The second kappa shape index (κ2) is 5.50. The molecule has 0 radical (unpaired) electrons. The molecule has 21 heavy (non-hydrogen) atoms. The molecule has 104 valence electrons. The Morgan fingerprint density at radius 2 is 1.90 bits per heavy atom. The molecular formula is C16H12ClN3O. The highest BCUT2D eigenvalue weighted by molar-refractivity contribution is 6.30. The maximum Gasteiger partial charge on any atom is 0.214 e. The fourth-order valence-corrected chi connectivity index (χ4v) is 2.22. The number of carbonyl (C=O) groups is 1. The van der Waals surface area contributed by atoms with E-state index in [1.165, 1.54) is 0 Å². The van der Waals surface area contributed by atoms with Crippen LogP contribution in [-0.2, 0) is 0 Å². The van der Waals surface area contributed by atoms with Crippen molar-refractivity contribution in [3.05, 3.63) is 76.6 Å². The number of rotatable bonds is 3. The number of aromatic nitrogens is 3. The quantitative estimate of drug-likeness (QED) is 0.696. The molecule has 0 aliphatic rings. The summed E-state index contributed by atoms with van der Waals surface area (Å²) in [6.45, 7) is 1.95. The van der Waals surface area contributed by atoms with Crippen LogP contribution in [0.1, 0.15) is 21.6 Å². The lowest BCUT2D eigenvalue weighted by molar-refractivity contribution is 0.103. The van der Waals surface area contributed by atoms with Crippen LogP contribution in [0.2, 0.25) is 5.02 Å². The van der Waals surface area contributed by atoms with Crippen molar-refractivity contribution >= 4 is 17.4 Å². The van der Waals surface area contributed by atoms with Crippen LogP contribution in [0.4, 0.5) is 0 Å². The van der Waals surface area contributed by atoms with Gasteiger partial charge in [0.1, 0.15) is 0 Å². The van der Waals surface area contributed by atoms with Gasteiger partial charge in [-0.1, -0.05) is 53.2 Å². The normalized spacial score (nSPS) is 10.6. The predicted molar refractivity (Wildman–Crippen MR) is 81.0 cm³/mol. The van der Waals surface area contributed by atoms with Crippen LogP contribution >= 0.6 is 11.6 Å². The van der Waals surface area contributed by atoms with Gasteiger partial charge < -0.3 is 0 Å². The van der Waals surface area contributed by atoms with Crippen molar-refractivity contribution in [2.75, 3.05) is 0 Å². The first-order chi connectivity index (χ1) is 10.1. The molecule has 0 aliphatic carbocycles. The average molecular weight is 298 g/mol. The molecular weight excluding hydrogens is 286 g/mol. The maximum atomic E-state index is 12.3. The van der Waals surface area contributed by atoms with Crippen LogP contribution in [-0.4, -0.2) is 20.8 Å². The predicted octanol–water partition coefficient (Wildman–Crippen LogP) is 3.46. The van der Waals surface area contributed by atoms with Crippen molar-refractivity contribution < 1.29 is 4.79 Å². The summed E-state index contributed by atoms with van der Waals surface area (Å²) in [5, 5.41) is 8.60. The molecule has 3 aromatic rings. The minimum absolute atomic E-state index is 0.151. The second-order valence-corrected chi connectivity index (χ2v) is 5.11. The largest absolute Gasteiger partial charge is 0.287 e. The molecule has 0 fully saturated rings. The Morgan fingerprint density at radius 3 is 2.67 bits per heavy atom. The zero-order valence-corrected chi connectivity index (χ0v) is 12.1. The van der Waals surface area contributed by atoms with E-state index in [-0.39, 0.29) is 5.78 Å². The fraction of sp³-hybridized carbons (Fsp3) is 0.0625. The van der Waals surface area contributed by atoms with Crippen molar-refractivity contribution in [2.24, 2.45) is 0 Å². The van der Waals surface area contributed by atoms with Gasteiger partial charge in [-0.2, -0.15) is 0 Å². The highest BCUT2D eigenvalue weighted by atomic mass is 35.5. The number of carbonyl (C=O) groups excluding carboxylic acids is 1. The van der Waals surface area contributed by atoms with Gasteiger partial charge in [0.2, 0.25) is 5.78 Å². The minimum Gasteiger partial charge on any atom is -0.287 e. The summed E-state index contributed by atoms with van der Waals surface area (Å²) in [5.41, 5.74) is 2.71. The number of ketones is 1. The van der Waals surface area contributed by atoms with Gasteiger partial charge in [-0.25, -0.2) is 4.68 Å². The molecule has 5 heteroatoms. The van der Waals surface area contributed by atoms with Gasteiger partial charge in [-0.3, -0.25) is 4.79 Å². The van der Waals surface area contributed by atoms with Crippen molar-refractivity contribution in [3.63, 3.8) is 0 Å². The maximum absolute atomic E-state index is 12.3. The Kier molecular flexibility index (Phi) is 3.54. The fourth-order valence-electron chi connectivity index (χ4n) is 2.05. The Hall–Kier alpha value is -2.46. The van der Waals surface area contributed by atoms with E-state index in [1.807, 2.05) is 37.3 Å². The third kappa shape index (κ3) is 2.71. The van der Waals surface area contributed by atoms with Crippen molar-refractivity contribution in [1.82, 2.24) is 15.0 Å². The van der Waals surface area contributed by atoms with Gasteiger partial charge in [0.25, 0.3) is 0 Å². The van der Waals surface area contributed by atoms with E-state index in [0.29, 0.717) is 16.3 Å². The highest BCUT2D eigenvalue weighted by Crippen LogP contribution is 2.19. The van der Waals surface area contributed by atoms with Crippen LogP contribution < -0.4 is 0 Å². The first-order valence-corrected chi connectivity index (χ1v) is 6.81. The smallest absolute Gasteiger partial charge is 0.214 e. The highest BCUT2D eigenvalue weighted by Gasteiger charge is 2.14. The number of nitrogens with zero attached hydrogens (tertiary/aromatic N) is 3. The number of halogens is 1. The summed E-state index contributed by atoms with van der Waals surface area (Å²) in [6.07, 6.45) is 1.62. The first-order valence-electron chi connectivity index (χ1n) is 6.44. The third-order valence-electron chi connectivity index (χ3n) is 3.18. The summed E-state index contributed by atoms with van der Waals surface area (Å²) in [4.78, 5) is 12.3. The zero-order valence-electron chi connectivity index (χ0n) is 11.3. The summed E-state index contributed by atoms with van der Waals surface area (Å²) in [5.74, 6) is -0.151.